The zero-order valence-electron chi connectivity index (χ0n) is 12.0. The number of hydrogen-bond acceptors (Lipinski definition) is 3. The number of hydrogen-bond donors (Lipinski definition) is 2. The van der Waals surface area contributed by atoms with Gasteiger partial charge in [0.1, 0.15) is 6.04 Å². The van der Waals surface area contributed by atoms with Gasteiger partial charge in [-0.3, -0.25) is 14.5 Å². The van der Waals surface area contributed by atoms with E-state index in [1.54, 1.807) is 4.90 Å². The number of anilines is 1. The Morgan fingerprint density at radius 2 is 1.83 bits per heavy atom. The largest absolute Gasteiger partial charge is 0.480 e. The number of amides is 1. The lowest BCUT2D eigenvalue weighted by atomic mass is 10.0. The minimum Gasteiger partial charge on any atom is -0.480 e. The van der Waals surface area contributed by atoms with Crippen LogP contribution in [0.3, 0.4) is 0 Å². The van der Waals surface area contributed by atoms with E-state index in [2.05, 4.69) is 5.32 Å². The summed E-state index contributed by atoms with van der Waals surface area (Å²) in [6.07, 6.45) is 2.29. The van der Waals surface area contributed by atoms with Crippen LogP contribution in [0.2, 0.25) is 15.1 Å². The lowest BCUT2D eigenvalue weighted by molar-refractivity contribution is -0.145. The fourth-order valence-corrected chi connectivity index (χ4v) is 3.05. The summed E-state index contributed by atoms with van der Waals surface area (Å²) in [4.78, 5) is 25.0. The first-order chi connectivity index (χ1) is 10.4. The van der Waals surface area contributed by atoms with Gasteiger partial charge in [-0.25, -0.2) is 0 Å². The molecule has 9 heteroatoms. The van der Waals surface area contributed by atoms with E-state index in [4.69, 9.17) is 34.8 Å². The summed E-state index contributed by atoms with van der Waals surface area (Å²) in [6, 6.07) is 2.29. The third-order valence-electron chi connectivity index (χ3n) is 3.53. The minimum atomic E-state index is -0.903. The minimum absolute atomic E-state index is 0. The molecule has 1 saturated heterocycles. The van der Waals surface area contributed by atoms with Gasteiger partial charge < -0.3 is 10.4 Å². The highest BCUT2D eigenvalue weighted by Gasteiger charge is 2.29. The molecule has 1 amide bonds. The average Bonchev–Trinajstić information content (AvgIpc) is 2.45. The molecule has 1 unspecified atom stereocenters. The number of carboxylic acids is 1. The Morgan fingerprint density at radius 3 is 2.48 bits per heavy atom. The molecule has 5 nitrogen and oxygen atoms in total. The number of nitrogens with one attached hydrogen (secondary N) is 1. The van der Waals surface area contributed by atoms with Gasteiger partial charge in [0.2, 0.25) is 5.91 Å². The van der Waals surface area contributed by atoms with E-state index in [1.807, 2.05) is 0 Å². The van der Waals surface area contributed by atoms with Crippen molar-refractivity contribution in [3.05, 3.63) is 27.2 Å². The molecule has 1 atom stereocenters. The van der Waals surface area contributed by atoms with Gasteiger partial charge in [-0.1, -0.05) is 41.2 Å². The number of piperidine rings is 1. The van der Waals surface area contributed by atoms with Crippen LogP contribution in [-0.2, 0) is 9.59 Å². The molecule has 0 bridgehead atoms. The van der Waals surface area contributed by atoms with E-state index in [1.165, 1.54) is 12.1 Å². The van der Waals surface area contributed by atoms with Crippen LogP contribution in [-0.4, -0.2) is 41.0 Å². The van der Waals surface area contributed by atoms with Gasteiger partial charge in [0.15, 0.2) is 0 Å². The van der Waals surface area contributed by atoms with Crippen molar-refractivity contribution in [2.24, 2.45) is 0 Å². The Balaban J connectivity index is 0.00000264. The van der Waals surface area contributed by atoms with Crippen LogP contribution in [0.15, 0.2) is 12.1 Å². The Kier molecular flexibility index (Phi) is 7.90. The Labute approximate surface area is 155 Å². The third kappa shape index (κ3) is 5.40. The molecule has 0 saturated carbocycles. The van der Waals surface area contributed by atoms with Crippen molar-refractivity contribution < 1.29 is 14.7 Å². The first-order valence-corrected chi connectivity index (χ1v) is 7.93. The molecule has 0 radical (unpaired) electrons. The van der Waals surface area contributed by atoms with Crippen LogP contribution in [0, 0.1) is 0 Å². The van der Waals surface area contributed by atoms with Crippen LogP contribution in [0.5, 0.6) is 0 Å². The van der Waals surface area contributed by atoms with Crippen molar-refractivity contribution in [1.82, 2.24) is 4.90 Å². The van der Waals surface area contributed by atoms with Crippen molar-refractivity contribution in [2.75, 3.05) is 18.4 Å². The smallest absolute Gasteiger partial charge is 0.320 e. The van der Waals surface area contributed by atoms with Gasteiger partial charge in [0.25, 0.3) is 0 Å². The van der Waals surface area contributed by atoms with E-state index >= 15 is 0 Å². The number of carbonyl (C=O) groups is 2. The van der Waals surface area contributed by atoms with Gasteiger partial charge in [-0.15, -0.1) is 12.4 Å². The van der Waals surface area contributed by atoms with E-state index in [9.17, 15) is 14.7 Å². The fourth-order valence-electron chi connectivity index (χ4n) is 2.45. The number of halogens is 4. The maximum atomic E-state index is 12.1. The summed E-state index contributed by atoms with van der Waals surface area (Å²) in [5.41, 5.74) is 0.352. The third-order valence-corrected chi connectivity index (χ3v) is 4.56. The molecule has 1 aromatic carbocycles. The van der Waals surface area contributed by atoms with Crippen LogP contribution in [0.1, 0.15) is 19.3 Å². The van der Waals surface area contributed by atoms with Gasteiger partial charge in [-0.05, 0) is 31.5 Å². The lowest BCUT2D eigenvalue weighted by Crippen LogP contribution is -2.47. The highest BCUT2D eigenvalue weighted by molar-refractivity contribution is 6.44. The summed E-state index contributed by atoms with van der Waals surface area (Å²) < 4.78 is 0. The van der Waals surface area contributed by atoms with Crippen LogP contribution < -0.4 is 5.32 Å². The van der Waals surface area contributed by atoms with Crippen LogP contribution >= 0.6 is 47.2 Å². The molecule has 0 spiro atoms. The molecule has 1 aliphatic rings. The van der Waals surface area contributed by atoms with Crippen LogP contribution in [0.25, 0.3) is 0 Å². The monoisotopic (exact) mass is 400 g/mol. The van der Waals surface area contributed by atoms with Crippen molar-refractivity contribution in [3.8, 4) is 0 Å². The first-order valence-electron chi connectivity index (χ1n) is 6.79. The van der Waals surface area contributed by atoms with E-state index in [0.717, 1.165) is 12.8 Å². The van der Waals surface area contributed by atoms with E-state index in [-0.39, 0.29) is 34.9 Å². The Bertz CT molecular complexity index is 598. The van der Waals surface area contributed by atoms with Gasteiger partial charge >= 0.3 is 5.97 Å². The maximum absolute atomic E-state index is 12.1. The van der Waals surface area contributed by atoms with Crippen molar-refractivity contribution in [2.45, 2.75) is 25.3 Å². The quantitative estimate of drug-likeness (QED) is 0.749. The Morgan fingerprint density at radius 1 is 1.17 bits per heavy atom. The first kappa shape index (κ1) is 20.3. The molecule has 2 N–H and O–H groups in total. The fraction of sp³-hybridized carbons (Fsp3) is 0.429. The average molecular weight is 402 g/mol. The molecule has 0 aliphatic carbocycles. The maximum Gasteiger partial charge on any atom is 0.320 e. The topological polar surface area (TPSA) is 69.6 Å². The summed E-state index contributed by atoms with van der Waals surface area (Å²) in [7, 11) is 0. The zero-order chi connectivity index (χ0) is 16.3. The lowest BCUT2D eigenvalue weighted by Gasteiger charge is -2.32. The van der Waals surface area contributed by atoms with Gasteiger partial charge in [0.05, 0.1) is 27.3 Å². The number of carbonyl (C=O) groups excluding carboxylic acids is 1. The van der Waals surface area contributed by atoms with Crippen LogP contribution in [0.4, 0.5) is 5.69 Å². The molecular formula is C14H16Cl4N2O3. The predicted molar refractivity (Wildman–Crippen MR) is 94.2 cm³/mol. The zero-order valence-corrected chi connectivity index (χ0v) is 15.1. The molecule has 128 valence electrons. The summed E-state index contributed by atoms with van der Waals surface area (Å²) in [5, 5.41) is 12.7. The number of likely N-dealkylation sites (tertiary alicyclic amines) is 1. The number of rotatable bonds is 4. The highest BCUT2D eigenvalue weighted by atomic mass is 35.5. The van der Waals surface area contributed by atoms with Crippen molar-refractivity contribution in [1.29, 1.82) is 0 Å². The standard InChI is InChI=1S/C14H15Cl3N2O3.ClH/c15-8-5-10(17)11(6-9(8)16)18-13(20)7-19-4-2-1-3-12(19)14(21)22;/h5-6,12H,1-4,7H2,(H,18,20)(H,21,22);1H. The van der Waals surface area contributed by atoms with Gasteiger partial charge in [0, 0.05) is 0 Å². The second-order valence-electron chi connectivity index (χ2n) is 5.11. The molecule has 2 rings (SSSR count). The summed E-state index contributed by atoms with van der Waals surface area (Å²) >= 11 is 17.7. The second-order valence-corrected chi connectivity index (χ2v) is 6.34. The number of benzene rings is 1. The Hall–Kier alpha value is -0.720. The number of nitrogens with zero attached hydrogens (tertiary/aromatic N) is 1. The molecule has 1 fully saturated rings. The highest BCUT2D eigenvalue weighted by Crippen LogP contribution is 2.32. The molecule has 1 aliphatic heterocycles. The molecule has 1 aromatic rings. The molecule has 23 heavy (non-hydrogen) atoms. The van der Waals surface area contributed by atoms with Crippen molar-refractivity contribution in [3.63, 3.8) is 0 Å². The normalized spacial score (nSPS) is 18.1. The van der Waals surface area contributed by atoms with E-state index in [0.29, 0.717) is 23.7 Å². The molecule has 0 aromatic heterocycles. The van der Waals surface area contributed by atoms with Crippen molar-refractivity contribution >= 4 is 64.8 Å². The molecular weight excluding hydrogens is 386 g/mol. The van der Waals surface area contributed by atoms with Gasteiger partial charge in [-0.2, -0.15) is 0 Å². The number of aliphatic carboxylic acids is 1. The number of carboxylic acid groups (broad SMARTS) is 1. The second kappa shape index (κ2) is 8.94. The molecule has 1 heterocycles. The summed E-state index contributed by atoms with van der Waals surface area (Å²) in [5.74, 6) is -1.24. The SMILES string of the molecule is Cl.O=C(CN1CCCCC1C(=O)O)Nc1cc(Cl)c(Cl)cc1Cl. The summed E-state index contributed by atoms with van der Waals surface area (Å²) in [6.45, 7) is 0.576. The van der Waals surface area contributed by atoms with E-state index < -0.39 is 12.0 Å². The predicted octanol–water partition coefficient (Wildman–Crippen LogP) is 3.95.